The average molecular weight is 339 g/mol. The van der Waals surface area contributed by atoms with Crippen molar-refractivity contribution in [2.45, 2.75) is 26.8 Å². The van der Waals surface area contributed by atoms with Gasteiger partial charge in [-0.15, -0.1) is 11.3 Å². The Kier molecular flexibility index (Phi) is 5.11. The number of nitrogens with one attached hydrogen (secondary N) is 1. The van der Waals surface area contributed by atoms with Crippen LogP contribution in [0.1, 0.15) is 32.2 Å². The number of hydrogen-bond acceptors (Lipinski definition) is 3. The van der Waals surface area contributed by atoms with Crippen LogP contribution in [0.4, 0.5) is 0 Å². The van der Waals surface area contributed by atoms with Gasteiger partial charge in [-0.25, -0.2) is 0 Å². The zero-order valence-corrected chi connectivity index (χ0v) is 14.8. The summed E-state index contributed by atoms with van der Waals surface area (Å²) in [5.41, 5.74) is 3.55. The van der Waals surface area contributed by atoms with E-state index in [1.165, 1.54) is 10.4 Å². The lowest BCUT2D eigenvalue weighted by atomic mass is 10.1. The van der Waals surface area contributed by atoms with Crippen molar-refractivity contribution in [3.63, 3.8) is 0 Å². The fourth-order valence-corrected chi connectivity index (χ4v) is 3.49. The molecule has 0 radical (unpaired) electrons. The Morgan fingerprint density at radius 1 is 1.17 bits per heavy atom. The van der Waals surface area contributed by atoms with Crippen molar-refractivity contribution < 1.29 is 4.79 Å². The molecule has 1 N–H and O–H groups in total. The topological polar surface area (TPSA) is 46.9 Å². The Morgan fingerprint density at radius 3 is 2.67 bits per heavy atom. The third-order valence-corrected chi connectivity index (χ3v) is 4.96. The van der Waals surface area contributed by atoms with Gasteiger partial charge >= 0.3 is 0 Å². The number of carbonyl (C=O) groups is 1. The zero-order chi connectivity index (χ0) is 16.9. The minimum atomic E-state index is -0.0409. The molecule has 0 aliphatic carbocycles. The van der Waals surface area contributed by atoms with Crippen LogP contribution in [0.15, 0.2) is 47.8 Å². The molecule has 0 aliphatic rings. The van der Waals surface area contributed by atoms with Gasteiger partial charge in [0.1, 0.15) is 0 Å². The van der Waals surface area contributed by atoms with Crippen LogP contribution in [0.25, 0.3) is 0 Å². The van der Waals surface area contributed by atoms with Crippen molar-refractivity contribution in [3.05, 3.63) is 75.2 Å². The Hall–Kier alpha value is -2.40. The van der Waals surface area contributed by atoms with E-state index in [0.29, 0.717) is 18.7 Å². The summed E-state index contributed by atoms with van der Waals surface area (Å²) in [6.07, 6.45) is 0.861. The van der Waals surface area contributed by atoms with Crippen molar-refractivity contribution in [2.24, 2.45) is 0 Å². The smallest absolute Gasteiger partial charge is 0.255 e. The molecule has 1 amide bonds. The molecule has 2 aromatic heterocycles. The van der Waals surface area contributed by atoms with Gasteiger partial charge in [0.05, 0.1) is 17.8 Å². The van der Waals surface area contributed by atoms with E-state index < -0.39 is 0 Å². The first-order valence-corrected chi connectivity index (χ1v) is 8.91. The molecular weight excluding hydrogens is 318 g/mol. The second-order valence-corrected chi connectivity index (χ2v) is 6.81. The number of hydrogen-bond donors (Lipinski definition) is 1. The maximum Gasteiger partial charge on any atom is 0.255 e. The number of amides is 1. The maximum absolute atomic E-state index is 12.5. The monoisotopic (exact) mass is 339 g/mol. The minimum Gasteiger partial charge on any atom is -0.352 e. The molecule has 0 fully saturated rings. The van der Waals surface area contributed by atoms with Crippen LogP contribution in [-0.4, -0.2) is 22.2 Å². The molecule has 3 aromatic rings. The van der Waals surface area contributed by atoms with Crippen molar-refractivity contribution in [3.8, 4) is 0 Å². The highest BCUT2D eigenvalue weighted by molar-refractivity contribution is 7.09. The van der Waals surface area contributed by atoms with Gasteiger partial charge in [0.25, 0.3) is 5.91 Å². The molecule has 0 atom stereocenters. The van der Waals surface area contributed by atoms with Crippen LogP contribution in [-0.2, 0) is 13.0 Å². The molecule has 0 bridgehead atoms. The van der Waals surface area contributed by atoms with E-state index in [9.17, 15) is 4.79 Å². The van der Waals surface area contributed by atoms with E-state index in [-0.39, 0.29) is 5.91 Å². The largest absolute Gasteiger partial charge is 0.352 e. The van der Waals surface area contributed by atoms with Gasteiger partial charge in [-0.2, -0.15) is 5.10 Å². The predicted octanol–water partition coefficient (Wildman–Crippen LogP) is 3.58. The molecule has 0 saturated carbocycles. The third kappa shape index (κ3) is 3.74. The first-order chi connectivity index (χ1) is 11.6. The molecule has 2 heterocycles. The Morgan fingerprint density at radius 2 is 1.96 bits per heavy atom. The molecule has 0 saturated heterocycles. The number of carbonyl (C=O) groups excluding carboxylic acids is 1. The lowest BCUT2D eigenvalue weighted by molar-refractivity contribution is 0.0953. The molecule has 4 nitrogen and oxygen atoms in total. The number of aryl methyl sites for hydroxylation is 1. The molecular formula is C19H21N3OS. The van der Waals surface area contributed by atoms with Crippen LogP contribution in [0.5, 0.6) is 0 Å². The fraction of sp³-hybridized carbons (Fsp3) is 0.263. The van der Waals surface area contributed by atoms with E-state index in [1.54, 1.807) is 11.3 Å². The van der Waals surface area contributed by atoms with Gasteiger partial charge in [0.15, 0.2) is 0 Å². The number of thiophene rings is 1. The summed E-state index contributed by atoms with van der Waals surface area (Å²) in [5.74, 6) is -0.0409. The zero-order valence-electron chi connectivity index (χ0n) is 14.0. The number of benzene rings is 1. The molecule has 5 heteroatoms. The van der Waals surface area contributed by atoms with Gasteiger partial charge in [-0.1, -0.05) is 36.4 Å². The molecule has 1 aromatic carbocycles. The van der Waals surface area contributed by atoms with Crippen LogP contribution < -0.4 is 5.32 Å². The van der Waals surface area contributed by atoms with Crippen LogP contribution in [0.3, 0.4) is 0 Å². The van der Waals surface area contributed by atoms with E-state index in [1.807, 2.05) is 42.8 Å². The van der Waals surface area contributed by atoms with E-state index in [2.05, 4.69) is 34.0 Å². The van der Waals surface area contributed by atoms with Crippen molar-refractivity contribution >= 4 is 17.2 Å². The number of rotatable bonds is 6. The van der Waals surface area contributed by atoms with Gasteiger partial charge in [-0.3, -0.25) is 9.48 Å². The molecule has 0 spiro atoms. The Balaban J connectivity index is 1.67. The van der Waals surface area contributed by atoms with Gasteiger partial charge < -0.3 is 5.32 Å². The summed E-state index contributed by atoms with van der Waals surface area (Å²) in [4.78, 5) is 13.8. The van der Waals surface area contributed by atoms with Crippen LogP contribution >= 0.6 is 11.3 Å². The second kappa shape index (κ2) is 7.45. The quantitative estimate of drug-likeness (QED) is 0.746. The van der Waals surface area contributed by atoms with Crippen LogP contribution in [0, 0.1) is 13.8 Å². The summed E-state index contributed by atoms with van der Waals surface area (Å²) in [7, 11) is 0. The third-order valence-electron chi connectivity index (χ3n) is 4.02. The minimum absolute atomic E-state index is 0.0409. The van der Waals surface area contributed by atoms with E-state index >= 15 is 0 Å². The highest BCUT2D eigenvalue weighted by Gasteiger charge is 2.18. The van der Waals surface area contributed by atoms with E-state index in [0.717, 1.165) is 17.8 Å². The standard InChI is InChI=1S/C19H21N3OS/c1-14-18(19(23)20-11-10-17-9-6-12-24-17)15(2)22(21-14)13-16-7-4-3-5-8-16/h3-9,12H,10-11,13H2,1-2H3,(H,20,23). The molecule has 3 rings (SSSR count). The van der Waals surface area contributed by atoms with Gasteiger partial charge in [0.2, 0.25) is 0 Å². The molecule has 0 unspecified atom stereocenters. The van der Waals surface area contributed by atoms with Crippen molar-refractivity contribution in [1.82, 2.24) is 15.1 Å². The first-order valence-electron chi connectivity index (χ1n) is 8.03. The van der Waals surface area contributed by atoms with E-state index in [4.69, 9.17) is 0 Å². The highest BCUT2D eigenvalue weighted by Crippen LogP contribution is 2.15. The summed E-state index contributed by atoms with van der Waals surface area (Å²) in [6, 6.07) is 14.3. The maximum atomic E-state index is 12.5. The van der Waals surface area contributed by atoms with Gasteiger partial charge in [-0.05, 0) is 37.3 Å². The summed E-state index contributed by atoms with van der Waals surface area (Å²) in [5, 5.41) is 9.61. The second-order valence-electron chi connectivity index (χ2n) is 5.77. The van der Waals surface area contributed by atoms with Crippen molar-refractivity contribution in [2.75, 3.05) is 6.54 Å². The molecule has 124 valence electrons. The van der Waals surface area contributed by atoms with Crippen LogP contribution in [0.2, 0.25) is 0 Å². The average Bonchev–Trinajstić information content (AvgIpc) is 3.17. The fourth-order valence-electron chi connectivity index (χ4n) is 2.78. The lowest BCUT2D eigenvalue weighted by Crippen LogP contribution is -2.26. The van der Waals surface area contributed by atoms with Gasteiger partial charge in [0, 0.05) is 17.1 Å². The summed E-state index contributed by atoms with van der Waals surface area (Å²) in [6.45, 7) is 5.16. The SMILES string of the molecule is Cc1nn(Cc2ccccc2)c(C)c1C(=O)NCCc1cccs1. The summed E-state index contributed by atoms with van der Waals surface area (Å²) >= 11 is 1.71. The first kappa shape index (κ1) is 16.5. The predicted molar refractivity (Wildman–Crippen MR) is 97.6 cm³/mol. The normalized spacial score (nSPS) is 10.8. The lowest BCUT2D eigenvalue weighted by Gasteiger charge is -2.07. The number of aromatic nitrogens is 2. The molecule has 0 aliphatic heterocycles. The molecule has 24 heavy (non-hydrogen) atoms. The van der Waals surface area contributed by atoms with Crippen molar-refractivity contribution in [1.29, 1.82) is 0 Å². The highest BCUT2D eigenvalue weighted by atomic mass is 32.1. The summed E-state index contributed by atoms with van der Waals surface area (Å²) < 4.78 is 1.90. The Bertz CT molecular complexity index is 807. The number of nitrogens with zero attached hydrogens (tertiary/aromatic N) is 2. The Labute approximate surface area is 146 Å².